The maximum Gasteiger partial charge on any atom is 0.293 e. The molecule has 3 heterocycles. The van der Waals surface area contributed by atoms with Crippen LogP contribution in [0.25, 0.3) is 0 Å². The topological polar surface area (TPSA) is 73.9 Å². The number of aromatic amines is 1. The van der Waals surface area contributed by atoms with Crippen LogP contribution >= 0.6 is 0 Å². The summed E-state index contributed by atoms with van der Waals surface area (Å²) in [4.78, 5) is 18.2. The van der Waals surface area contributed by atoms with Gasteiger partial charge in [-0.25, -0.2) is 4.98 Å². The number of nitrogens with one attached hydrogen (secondary N) is 2. The predicted octanol–water partition coefficient (Wildman–Crippen LogP) is 0.0796. The number of fused-ring (bicyclic) bond motifs is 2. The molecule has 2 aliphatic rings. The van der Waals surface area contributed by atoms with Gasteiger partial charge >= 0.3 is 0 Å². The van der Waals surface area contributed by atoms with Gasteiger partial charge in [-0.15, -0.1) is 5.10 Å². The van der Waals surface area contributed by atoms with Crippen LogP contribution in [0.5, 0.6) is 0 Å². The van der Waals surface area contributed by atoms with Crippen LogP contribution in [0.15, 0.2) is 0 Å². The van der Waals surface area contributed by atoms with E-state index < -0.39 is 0 Å². The number of carbonyl (C=O) groups is 1. The van der Waals surface area contributed by atoms with Gasteiger partial charge in [-0.1, -0.05) is 0 Å². The van der Waals surface area contributed by atoms with Crippen LogP contribution in [0.2, 0.25) is 0 Å². The lowest BCUT2D eigenvalue weighted by atomic mass is 10.1. The molecular formula is C11H17N5O. The van der Waals surface area contributed by atoms with E-state index >= 15 is 0 Å². The molecule has 6 heteroatoms. The highest BCUT2D eigenvalue weighted by atomic mass is 16.2. The molecule has 0 radical (unpaired) electrons. The molecule has 2 N–H and O–H groups in total. The van der Waals surface area contributed by atoms with E-state index in [-0.39, 0.29) is 5.91 Å². The van der Waals surface area contributed by atoms with Gasteiger partial charge in [0.1, 0.15) is 5.82 Å². The monoisotopic (exact) mass is 235 g/mol. The van der Waals surface area contributed by atoms with Crippen molar-refractivity contribution in [1.29, 1.82) is 0 Å². The van der Waals surface area contributed by atoms with E-state index in [1.165, 1.54) is 12.8 Å². The molecule has 17 heavy (non-hydrogen) atoms. The Morgan fingerprint density at radius 2 is 2.18 bits per heavy atom. The maximum absolute atomic E-state index is 12.2. The molecule has 1 aromatic rings. The van der Waals surface area contributed by atoms with E-state index in [2.05, 4.69) is 20.5 Å². The van der Waals surface area contributed by atoms with Gasteiger partial charge in [0, 0.05) is 25.2 Å². The number of rotatable bonds is 1. The average molecular weight is 235 g/mol. The van der Waals surface area contributed by atoms with Gasteiger partial charge in [-0.05, 0) is 26.2 Å². The molecule has 0 spiro atoms. The third-order valence-electron chi connectivity index (χ3n) is 3.60. The van der Waals surface area contributed by atoms with Crippen LogP contribution in [-0.2, 0) is 0 Å². The minimum atomic E-state index is -0.0521. The average Bonchev–Trinajstić information content (AvgIpc) is 2.84. The maximum atomic E-state index is 12.2. The van der Waals surface area contributed by atoms with E-state index in [9.17, 15) is 4.79 Å². The van der Waals surface area contributed by atoms with Crippen LogP contribution in [0.3, 0.4) is 0 Å². The van der Waals surface area contributed by atoms with Crippen molar-refractivity contribution in [2.75, 3.05) is 13.1 Å². The van der Waals surface area contributed by atoms with E-state index in [0.717, 1.165) is 19.5 Å². The van der Waals surface area contributed by atoms with Crippen molar-refractivity contribution in [3.05, 3.63) is 11.6 Å². The van der Waals surface area contributed by atoms with Gasteiger partial charge in [0.25, 0.3) is 5.91 Å². The molecule has 3 rings (SSSR count). The Morgan fingerprint density at radius 3 is 2.94 bits per heavy atom. The number of hydrogen-bond donors (Lipinski definition) is 2. The highest BCUT2D eigenvalue weighted by Crippen LogP contribution is 2.20. The minimum absolute atomic E-state index is 0.0521. The van der Waals surface area contributed by atoms with Crippen LogP contribution in [0.4, 0.5) is 0 Å². The first-order valence-corrected chi connectivity index (χ1v) is 6.16. The lowest BCUT2D eigenvalue weighted by Gasteiger charge is -2.22. The van der Waals surface area contributed by atoms with Gasteiger partial charge in [0.15, 0.2) is 0 Å². The van der Waals surface area contributed by atoms with E-state index in [1.54, 1.807) is 6.92 Å². The summed E-state index contributed by atoms with van der Waals surface area (Å²) < 4.78 is 0. The Labute approximate surface area is 99.8 Å². The van der Waals surface area contributed by atoms with Crippen molar-refractivity contribution in [2.45, 2.75) is 38.3 Å². The highest BCUT2D eigenvalue weighted by Gasteiger charge is 2.32. The first kappa shape index (κ1) is 10.7. The SMILES string of the molecule is Cc1nc(C(=O)N2CCC3CCC(C2)N3)n[nH]1. The summed E-state index contributed by atoms with van der Waals surface area (Å²) >= 11 is 0. The standard InChI is InChI=1S/C11H17N5O/c1-7-12-10(15-14-7)11(17)16-5-4-8-2-3-9(6-16)13-8/h8-9,13H,2-6H2,1H3,(H,12,14,15). The second kappa shape index (κ2) is 4.10. The summed E-state index contributed by atoms with van der Waals surface area (Å²) in [5.74, 6) is 0.923. The van der Waals surface area contributed by atoms with Crippen LogP contribution in [0.1, 0.15) is 35.7 Å². The Kier molecular flexibility index (Phi) is 2.58. The molecule has 2 unspecified atom stereocenters. The number of aromatic nitrogens is 3. The summed E-state index contributed by atoms with van der Waals surface area (Å²) in [5.41, 5.74) is 0. The molecule has 2 aliphatic heterocycles. The predicted molar refractivity (Wildman–Crippen MR) is 61.6 cm³/mol. The van der Waals surface area contributed by atoms with Crippen molar-refractivity contribution in [2.24, 2.45) is 0 Å². The van der Waals surface area contributed by atoms with Gasteiger partial charge in [0.2, 0.25) is 5.82 Å². The van der Waals surface area contributed by atoms with Crippen molar-refractivity contribution in [3.63, 3.8) is 0 Å². The normalized spacial score (nSPS) is 28.2. The van der Waals surface area contributed by atoms with E-state index in [1.807, 2.05) is 4.90 Å². The zero-order chi connectivity index (χ0) is 11.8. The Balaban J connectivity index is 1.73. The molecule has 0 aliphatic carbocycles. The van der Waals surface area contributed by atoms with Crippen molar-refractivity contribution in [3.8, 4) is 0 Å². The number of aryl methyl sites for hydroxylation is 1. The number of H-pyrrole nitrogens is 1. The minimum Gasteiger partial charge on any atom is -0.334 e. The number of carbonyl (C=O) groups excluding carboxylic acids is 1. The molecule has 2 bridgehead atoms. The van der Waals surface area contributed by atoms with Crippen LogP contribution < -0.4 is 5.32 Å². The lowest BCUT2D eigenvalue weighted by Crippen LogP contribution is -2.39. The number of likely N-dealkylation sites (tertiary alicyclic amines) is 1. The zero-order valence-electron chi connectivity index (χ0n) is 9.94. The third kappa shape index (κ3) is 2.04. The summed E-state index contributed by atoms with van der Waals surface area (Å²) in [6.07, 6.45) is 3.44. The molecule has 0 saturated carbocycles. The fraction of sp³-hybridized carbons (Fsp3) is 0.727. The fourth-order valence-electron chi connectivity index (χ4n) is 2.71. The largest absolute Gasteiger partial charge is 0.334 e. The van der Waals surface area contributed by atoms with Crippen molar-refractivity contribution in [1.82, 2.24) is 25.4 Å². The quantitative estimate of drug-likeness (QED) is 0.723. The van der Waals surface area contributed by atoms with Gasteiger partial charge in [-0.2, -0.15) is 0 Å². The Hall–Kier alpha value is -1.43. The first-order valence-electron chi connectivity index (χ1n) is 6.16. The van der Waals surface area contributed by atoms with Gasteiger partial charge < -0.3 is 10.2 Å². The van der Waals surface area contributed by atoms with Crippen LogP contribution in [-0.4, -0.2) is 51.2 Å². The number of amides is 1. The highest BCUT2D eigenvalue weighted by molar-refractivity contribution is 5.90. The number of hydrogen-bond acceptors (Lipinski definition) is 4. The molecule has 2 fully saturated rings. The summed E-state index contributed by atoms with van der Waals surface area (Å²) in [6.45, 7) is 3.39. The summed E-state index contributed by atoms with van der Waals surface area (Å²) in [6, 6.07) is 1.04. The van der Waals surface area contributed by atoms with Crippen LogP contribution in [0, 0.1) is 6.92 Å². The molecule has 6 nitrogen and oxygen atoms in total. The molecule has 2 atom stereocenters. The summed E-state index contributed by atoms with van der Waals surface area (Å²) in [5, 5.41) is 10.2. The zero-order valence-corrected chi connectivity index (χ0v) is 9.94. The third-order valence-corrected chi connectivity index (χ3v) is 3.60. The molecule has 92 valence electrons. The molecular weight excluding hydrogens is 218 g/mol. The first-order chi connectivity index (χ1) is 8.22. The molecule has 1 amide bonds. The second-order valence-corrected chi connectivity index (χ2v) is 4.92. The van der Waals surface area contributed by atoms with E-state index in [0.29, 0.717) is 23.7 Å². The fourth-order valence-corrected chi connectivity index (χ4v) is 2.71. The molecule has 1 aromatic heterocycles. The Morgan fingerprint density at radius 1 is 1.35 bits per heavy atom. The lowest BCUT2D eigenvalue weighted by molar-refractivity contribution is 0.0736. The van der Waals surface area contributed by atoms with Crippen molar-refractivity contribution >= 4 is 5.91 Å². The Bertz CT molecular complexity index is 429. The number of nitrogens with zero attached hydrogens (tertiary/aromatic N) is 3. The van der Waals surface area contributed by atoms with Gasteiger partial charge in [0.05, 0.1) is 0 Å². The molecule has 0 aromatic carbocycles. The smallest absolute Gasteiger partial charge is 0.293 e. The summed E-state index contributed by atoms with van der Waals surface area (Å²) in [7, 11) is 0. The van der Waals surface area contributed by atoms with E-state index in [4.69, 9.17) is 0 Å². The molecule has 2 saturated heterocycles. The van der Waals surface area contributed by atoms with Gasteiger partial charge in [-0.3, -0.25) is 9.89 Å². The van der Waals surface area contributed by atoms with Crippen molar-refractivity contribution < 1.29 is 4.79 Å². The second-order valence-electron chi connectivity index (χ2n) is 4.92.